The van der Waals surface area contributed by atoms with Crippen LogP contribution in [0.2, 0.25) is 0 Å². The first-order valence-electron chi connectivity index (χ1n) is 9.54. The summed E-state index contributed by atoms with van der Waals surface area (Å²) in [7, 11) is 0. The van der Waals surface area contributed by atoms with Crippen LogP contribution >= 0.6 is 11.8 Å². The molecule has 0 aromatic heterocycles. The van der Waals surface area contributed by atoms with Gasteiger partial charge in [0.05, 0.1) is 11.4 Å². The summed E-state index contributed by atoms with van der Waals surface area (Å²) in [6.45, 7) is 2.17. The van der Waals surface area contributed by atoms with Gasteiger partial charge in [0.2, 0.25) is 17.7 Å². The number of nitrogens with one attached hydrogen (secondary N) is 1. The van der Waals surface area contributed by atoms with E-state index in [0.717, 1.165) is 17.0 Å². The molecule has 0 spiro atoms. The highest BCUT2D eigenvalue weighted by atomic mass is 32.2. The summed E-state index contributed by atoms with van der Waals surface area (Å²) in [5, 5.41) is 2.91. The average Bonchev–Trinajstić information content (AvgIpc) is 3.04. The summed E-state index contributed by atoms with van der Waals surface area (Å²) in [4.78, 5) is 37.9. The summed E-state index contributed by atoms with van der Waals surface area (Å²) in [5.74, 6) is -0.102. The van der Waals surface area contributed by atoms with Crippen LogP contribution < -0.4 is 10.2 Å². The van der Waals surface area contributed by atoms with Crippen LogP contribution in [0.4, 0.5) is 11.4 Å². The van der Waals surface area contributed by atoms with Gasteiger partial charge in [0.15, 0.2) is 0 Å². The van der Waals surface area contributed by atoms with E-state index in [4.69, 9.17) is 0 Å². The number of hydrogen-bond acceptors (Lipinski definition) is 4. The summed E-state index contributed by atoms with van der Waals surface area (Å²) in [5.41, 5.74) is 2.67. The SMILES string of the molecule is CCCCc1ccc(NC(=O)CSc2ccc(N3C(=O)CCC3=O)cc2)cc1. The zero-order chi connectivity index (χ0) is 19.9. The number of benzene rings is 2. The summed E-state index contributed by atoms with van der Waals surface area (Å²) in [6.07, 6.45) is 3.94. The highest BCUT2D eigenvalue weighted by Gasteiger charge is 2.30. The van der Waals surface area contributed by atoms with E-state index in [2.05, 4.69) is 24.4 Å². The molecule has 0 atom stereocenters. The van der Waals surface area contributed by atoms with Crippen LogP contribution in [0.1, 0.15) is 38.2 Å². The predicted octanol–water partition coefficient (Wildman–Crippen LogP) is 4.41. The average molecular weight is 397 g/mol. The molecular weight excluding hydrogens is 372 g/mol. The lowest BCUT2D eigenvalue weighted by atomic mass is 10.1. The first-order chi connectivity index (χ1) is 13.6. The first kappa shape index (κ1) is 20.1. The largest absolute Gasteiger partial charge is 0.325 e. The van der Waals surface area contributed by atoms with Gasteiger partial charge in [-0.1, -0.05) is 25.5 Å². The molecule has 0 saturated carbocycles. The Balaban J connectivity index is 1.49. The molecule has 0 bridgehead atoms. The highest BCUT2D eigenvalue weighted by molar-refractivity contribution is 8.00. The van der Waals surface area contributed by atoms with Crippen molar-refractivity contribution in [3.8, 4) is 0 Å². The molecule has 1 heterocycles. The Morgan fingerprint density at radius 3 is 2.25 bits per heavy atom. The Hall–Kier alpha value is -2.60. The van der Waals surface area contributed by atoms with Crippen LogP contribution in [-0.4, -0.2) is 23.5 Å². The van der Waals surface area contributed by atoms with Gasteiger partial charge in [-0.3, -0.25) is 19.3 Å². The van der Waals surface area contributed by atoms with Crippen molar-refractivity contribution in [2.24, 2.45) is 0 Å². The van der Waals surface area contributed by atoms with Crippen LogP contribution in [0.15, 0.2) is 53.4 Å². The van der Waals surface area contributed by atoms with Crippen LogP contribution in [0.5, 0.6) is 0 Å². The summed E-state index contributed by atoms with van der Waals surface area (Å²) >= 11 is 1.41. The van der Waals surface area contributed by atoms with E-state index in [0.29, 0.717) is 11.4 Å². The molecule has 2 aromatic rings. The van der Waals surface area contributed by atoms with Crippen molar-refractivity contribution in [3.05, 3.63) is 54.1 Å². The molecule has 3 amide bonds. The number of hydrogen-bond donors (Lipinski definition) is 1. The van der Waals surface area contributed by atoms with Gasteiger partial charge >= 0.3 is 0 Å². The molecule has 6 heteroatoms. The second-order valence-electron chi connectivity index (χ2n) is 6.75. The second-order valence-corrected chi connectivity index (χ2v) is 7.80. The van der Waals surface area contributed by atoms with Gasteiger partial charge < -0.3 is 5.32 Å². The van der Waals surface area contributed by atoms with E-state index < -0.39 is 0 Å². The van der Waals surface area contributed by atoms with E-state index in [1.807, 2.05) is 24.3 Å². The van der Waals surface area contributed by atoms with Crippen molar-refractivity contribution in [2.45, 2.75) is 43.9 Å². The normalized spacial score (nSPS) is 13.8. The minimum absolute atomic E-state index is 0.0692. The molecule has 1 fully saturated rings. The molecule has 3 rings (SSSR count). The molecule has 5 nitrogen and oxygen atoms in total. The van der Waals surface area contributed by atoms with Gasteiger partial charge in [0.1, 0.15) is 0 Å². The predicted molar refractivity (Wildman–Crippen MR) is 113 cm³/mol. The maximum atomic E-state index is 12.2. The number of anilines is 2. The van der Waals surface area contributed by atoms with Gasteiger partial charge in [-0.2, -0.15) is 0 Å². The maximum Gasteiger partial charge on any atom is 0.234 e. The monoisotopic (exact) mass is 396 g/mol. The van der Waals surface area contributed by atoms with E-state index in [1.54, 1.807) is 12.1 Å². The number of nitrogens with zero attached hydrogens (tertiary/aromatic N) is 1. The first-order valence-corrected chi connectivity index (χ1v) is 10.5. The Kier molecular flexibility index (Phi) is 6.87. The molecule has 1 aliphatic rings. The smallest absolute Gasteiger partial charge is 0.234 e. The lowest BCUT2D eigenvalue weighted by Crippen LogP contribution is -2.28. The Labute approximate surface area is 169 Å². The molecule has 2 aromatic carbocycles. The standard InChI is InChI=1S/C22H24N2O3S/c1-2-3-4-16-5-7-17(8-6-16)23-20(25)15-28-19-11-9-18(10-12-19)24-21(26)13-14-22(24)27/h5-12H,2-4,13-15H2,1H3,(H,23,25). The highest BCUT2D eigenvalue weighted by Crippen LogP contribution is 2.26. The van der Waals surface area contributed by atoms with E-state index >= 15 is 0 Å². The molecule has 146 valence electrons. The number of thioether (sulfide) groups is 1. The molecular formula is C22H24N2O3S. The topological polar surface area (TPSA) is 66.5 Å². The van der Waals surface area contributed by atoms with Crippen molar-refractivity contribution in [2.75, 3.05) is 16.0 Å². The maximum absolute atomic E-state index is 12.2. The molecule has 28 heavy (non-hydrogen) atoms. The minimum Gasteiger partial charge on any atom is -0.325 e. The summed E-state index contributed by atoms with van der Waals surface area (Å²) in [6, 6.07) is 15.1. The van der Waals surface area contributed by atoms with Gasteiger partial charge in [-0.05, 0) is 54.8 Å². The molecule has 1 saturated heterocycles. The number of amides is 3. The van der Waals surface area contributed by atoms with Crippen molar-refractivity contribution in [1.29, 1.82) is 0 Å². The van der Waals surface area contributed by atoms with Crippen molar-refractivity contribution < 1.29 is 14.4 Å². The van der Waals surface area contributed by atoms with Gasteiger partial charge in [-0.15, -0.1) is 11.8 Å². The minimum atomic E-state index is -0.162. The molecule has 0 unspecified atom stereocenters. The van der Waals surface area contributed by atoms with Crippen LogP contribution in [-0.2, 0) is 20.8 Å². The van der Waals surface area contributed by atoms with Crippen LogP contribution in [0.25, 0.3) is 0 Å². The molecule has 0 radical (unpaired) electrons. The Morgan fingerprint density at radius 2 is 1.64 bits per heavy atom. The zero-order valence-corrected chi connectivity index (χ0v) is 16.8. The van der Waals surface area contributed by atoms with Crippen LogP contribution in [0, 0.1) is 0 Å². The van der Waals surface area contributed by atoms with Crippen LogP contribution in [0.3, 0.4) is 0 Å². The quantitative estimate of drug-likeness (QED) is 0.530. The molecule has 1 N–H and O–H groups in total. The third kappa shape index (κ3) is 5.23. The lowest BCUT2D eigenvalue weighted by Gasteiger charge is -2.14. The number of carbonyl (C=O) groups excluding carboxylic acids is 3. The van der Waals surface area contributed by atoms with Crippen molar-refractivity contribution in [1.82, 2.24) is 0 Å². The Bertz CT molecular complexity index is 831. The molecule has 1 aliphatic heterocycles. The fraction of sp³-hybridized carbons (Fsp3) is 0.318. The van der Waals surface area contributed by atoms with E-state index in [-0.39, 0.29) is 30.6 Å². The fourth-order valence-corrected chi connectivity index (χ4v) is 3.74. The third-order valence-electron chi connectivity index (χ3n) is 4.57. The second kappa shape index (κ2) is 9.55. The molecule has 0 aliphatic carbocycles. The Morgan fingerprint density at radius 1 is 1.00 bits per heavy atom. The number of imide groups is 1. The lowest BCUT2D eigenvalue weighted by molar-refractivity contribution is -0.121. The van der Waals surface area contributed by atoms with Gasteiger partial charge in [0, 0.05) is 23.4 Å². The number of aryl methyl sites for hydroxylation is 1. The number of carbonyl (C=O) groups is 3. The number of rotatable bonds is 8. The van der Waals surface area contributed by atoms with E-state index in [1.165, 1.54) is 35.1 Å². The van der Waals surface area contributed by atoms with Gasteiger partial charge in [-0.25, -0.2) is 0 Å². The van der Waals surface area contributed by atoms with E-state index in [9.17, 15) is 14.4 Å². The summed E-state index contributed by atoms with van der Waals surface area (Å²) < 4.78 is 0. The third-order valence-corrected chi connectivity index (χ3v) is 5.59. The van der Waals surface area contributed by atoms with Gasteiger partial charge in [0.25, 0.3) is 0 Å². The van der Waals surface area contributed by atoms with Crippen molar-refractivity contribution >= 4 is 40.9 Å². The van der Waals surface area contributed by atoms with Crippen molar-refractivity contribution in [3.63, 3.8) is 0 Å². The fourth-order valence-electron chi connectivity index (χ4n) is 3.04. The zero-order valence-electron chi connectivity index (χ0n) is 15.9. The number of unbranched alkanes of at least 4 members (excludes halogenated alkanes) is 1.